The van der Waals surface area contributed by atoms with Crippen LogP contribution < -0.4 is 20.1 Å². The molecule has 1 saturated carbocycles. The first-order chi connectivity index (χ1) is 9.67. The van der Waals surface area contributed by atoms with Gasteiger partial charge in [-0.25, -0.2) is 0 Å². The molecule has 7 heteroatoms. The lowest BCUT2D eigenvalue weighted by atomic mass is 10.2. The Bertz CT molecular complexity index is 553. The molecule has 1 aliphatic heterocycles. The molecule has 2 N–H and O–H groups in total. The van der Waals surface area contributed by atoms with E-state index in [1.54, 1.807) is 7.05 Å². The number of nitrogens with one attached hydrogen (secondary N) is 2. The van der Waals surface area contributed by atoms with Gasteiger partial charge in [0.05, 0.1) is 4.47 Å². The molecule has 0 amide bonds. The molecule has 1 heterocycles. The largest absolute Gasteiger partial charge is 0.454 e. The van der Waals surface area contributed by atoms with Crippen LogP contribution in [0.4, 0.5) is 0 Å². The Hall–Kier alpha value is -0.700. The first-order valence-corrected chi connectivity index (χ1v) is 7.52. The zero-order chi connectivity index (χ0) is 14.1. The third kappa shape index (κ3) is 3.94. The van der Waals surface area contributed by atoms with Crippen LogP contribution in [0.25, 0.3) is 0 Å². The van der Waals surface area contributed by atoms with Crippen molar-refractivity contribution in [1.82, 2.24) is 10.6 Å². The van der Waals surface area contributed by atoms with E-state index in [-0.39, 0.29) is 30.8 Å². The van der Waals surface area contributed by atoms with Crippen molar-refractivity contribution >= 4 is 45.9 Å². The Morgan fingerprint density at radius 3 is 2.86 bits per heavy atom. The van der Waals surface area contributed by atoms with Gasteiger partial charge >= 0.3 is 0 Å². The van der Waals surface area contributed by atoms with E-state index in [4.69, 9.17) is 9.47 Å². The van der Waals surface area contributed by atoms with Crippen molar-refractivity contribution in [2.75, 3.05) is 13.8 Å². The number of halogens is 2. The molecule has 2 atom stereocenters. The average molecular weight is 468 g/mol. The van der Waals surface area contributed by atoms with Gasteiger partial charge in [0.1, 0.15) is 0 Å². The minimum absolute atomic E-state index is 0. The number of ether oxygens (including phenoxy) is 2. The standard InChI is InChI=1S/C14H18BrN3O2.HI/c1-8-3-11(8)18-14(16-2)17-6-9-4-10(15)13-12(5-9)19-7-20-13;/h4-5,8,11H,3,6-7H2,1-2H3,(H2,16,17,18);1H. The van der Waals surface area contributed by atoms with Crippen LogP contribution in [0.5, 0.6) is 11.5 Å². The van der Waals surface area contributed by atoms with Crippen LogP contribution >= 0.6 is 39.9 Å². The molecule has 2 aliphatic rings. The fourth-order valence-electron chi connectivity index (χ4n) is 2.20. The molecule has 1 fully saturated rings. The van der Waals surface area contributed by atoms with Crippen molar-refractivity contribution in [3.8, 4) is 11.5 Å². The monoisotopic (exact) mass is 467 g/mol. The number of nitrogens with zero attached hydrogens (tertiary/aromatic N) is 1. The molecule has 0 spiro atoms. The van der Waals surface area contributed by atoms with Gasteiger partial charge in [0.15, 0.2) is 17.5 Å². The second-order valence-electron chi connectivity index (χ2n) is 5.20. The van der Waals surface area contributed by atoms with Crippen LogP contribution in [0.15, 0.2) is 21.6 Å². The summed E-state index contributed by atoms with van der Waals surface area (Å²) >= 11 is 3.50. The molecular weight excluding hydrogens is 449 g/mol. The van der Waals surface area contributed by atoms with Gasteiger partial charge in [-0.3, -0.25) is 4.99 Å². The molecule has 1 aliphatic carbocycles. The summed E-state index contributed by atoms with van der Waals surface area (Å²) in [5.74, 6) is 3.15. The number of benzene rings is 1. The summed E-state index contributed by atoms with van der Waals surface area (Å²) < 4.78 is 11.7. The first kappa shape index (κ1) is 16.7. The molecule has 0 radical (unpaired) electrons. The van der Waals surface area contributed by atoms with Crippen molar-refractivity contribution in [1.29, 1.82) is 0 Å². The van der Waals surface area contributed by atoms with Crippen LogP contribution in [0.2, 0.25) is 0 Å². The lowest BCUT2D eigenvalue weighted by Crippen LogP contribution is -2.38. The van der Waals surface area contributed by atoms with Gasteiger partial charge < -0.3 is 20.1 Å². The molecule has 0 bridgehead atoms. The molecule has 0 saturated heterocycles. The van der Waals surface area contributed by atoms with Gasteiger partial charge in [0, 0.05) is 19.6 Å². The van der Waals surface area contributed by atoms with Crippen molar-refractivity contribution < 1.29 is 9.47 Å². The fraction of sp³-hybridized carbons (Fsp3) is 0.500. The normalized spacial score (nSPS) is 22.5. The third-order valence-electron chi connectivity index (χ3n) is 3.60. The summed E-state index contributed by atoms with van der Waals surface area (Å²) in [6.45, 7) is 3.21. The third-order valence-corrected chi connectivity index (χ3v) is 4.19. The van der Waals surface area contributed by atoms with E-state index in [2.05, 4.69) is 38.5 Å². The lowest BCUT2D eigenvalue weighted by Gasteiger charge is -2.12. The van der Waals surface area contributed by atoms with Crippen LogP contribution in [0.1, 0.15) is 18.9 Å². The Kier molecular flexibility index (Phi) is 5.59. The van der Waals surface area contributed by atoms with Gasteiger partial charge in [-0.05, 0) is 46.0 Å². The van der Waals surface area contributed by atoms with E-state index in [0.29, 0.717) is 12.6 Å². The Morgan fingerprint density at radius 1 is 1.43 bits per heavy atom. The van der Waals surface area contributed by atoms with E-state index in [9.17, 15) is 0 Å². The van der Waals surface area contributed by atoms with Gasteiger partial charge in [-0.15, -0.1) is 24.0 Å². The highest BCUT2D eigenvalue weighted by Crippen LogP contribution is 2.39. The second-order valence-corrected chi connectivity index (χ2v) is 6.06. The zero-order valence-corrected chi connectivity index (χ0v) is 15.9. The molecule has 2 unspecified atom stereocenters. The van der Waals surface area contributed by atoms with E-state index < -0.39 is 0 Å². The van der Waals surface area contributed by atoms with Crippen LogP contribution in [0, 0.1) is 5.92 Å². The quantitative estimate of drug-likeness (QED) is 0.407. The molecule has 1 aromatic carbocycles. The van der Waals surface area contributed by atoms with Crippen molar-refractivity contribution in [3.63, 3.8) is 0 Å². The second kappa shape index (κ2) is 7.04. The van der Waals surface area contributed by atoms with E-state index >= 15 is 0 Å². The van der Waals surface area contributed by atoms with Crippen LogP contribution in [-0.2, 0) is 6.54 Å². The molecular formula is C14H19BrIN3O2. The minimum atomic E-state index is 0. The summed E-state index contributed by atoms with van der Waals surface area (Å²) in [4.78, 5) is 4.24. The number of aliphatic imine (C=N–C) groups is 1. The molecule has 21 heavy (non-hydrogen) atoms. The van der Waals surface area contributed by atoms with E-state index in [1.165, 1.54) is 6.42 Å². The first-order valence-electron chi connectivity index (χ1n) is 6.72. The minimum Gasteiger partial charge on any atom is -0.454 e. The van der Waals surface area contributed by atoms with Gasteiger partial charge in [0.2, 0.25) is 6.79 Å². The molecule has 116 valence electrons. The maximum absolute atomic E-state index is 5.42. The van der Waals surface area contributed by atoms with E-state index in [0.717, 1.165) is 33.4 Å². The predicted molar refractivity (Wildman–Crippen MR) is 96.6 cm³/mol. The van der Waals surface area contributed by atoms with E-state index in [1.807, 2.05) is 12.1 Å². The Morgan fingerprint density at radius 2 is 2.19 bits per heavy atom. The molecule has 5 nitrogen and oxygen atoms in total. The highest BCUT2D eigenvalue weighted by molar-refractivity contribution is 14.0. The fourth-order valence-corrected chi connectivity index (χ4v) is 2.81. The topological polar surface area (TPSA) is 54.9 Å². The smallest absolute Gasteiger partial charge is 0.231 e. The number of rotatable bonds is 3. The predicted octanol–water partition coefficient (Wildman–Crippen LogP) is 2.87. The van der Waals surface area contributed by atoms with Gasteiger partial charge in [-0.1, -0.05) is 6.92 Å². The Balaban J connectivity index is 0.00000161. The SMILES string of the molecule is CN=C(NCc1cc(Br)c2c(c1)OCO2)NC1CC1C.I. The van der Waals surface area contributed by atoms with Crippen molar-refractivity contribution in [2.45, 2.75) is 25.9 Å². The van der Waals surface area contributed by atoms with Gasteiger partial charge in [-0.2, -0.15) is 0 Å². The number of fused-ring (bicyclic) bond motifs is 1. The van der Waals surface area contributed by atoms with Crippen molar-refractivity contribution in [3.05, 3.63) is 22.2 Å². The summed E-state index contributed by atoms with van der Waals surface area (Å²) in [7, 11) is 1.79. The maximum atomic E-state index is 5.42. The maximum Gasteiger partial charge on any atom is 0.231 e. The van der Waals surface area contributed by atoms with Crippen LogP contribution in [-0.4, -0.2) is 25.8 Å². The molecule has 1 aromatic rings. The zero-order valence-electron chi connectivity index (χ0n) is 12.0. The van der Waals surface area contributed by atoms with Gasteiger partial charge in [0.25, 0.3) is 0 Å². The summed E-state index contributed by atoms with van der Waals surface area (Å²) in [5, 5.41) is 6.72. The highest BCUT2D eigenvalue weighted by Gasteiger charge is 2.33. The lowest BCUT2D eigenvalue weighted by molar-refractivity contribution is 0.173. The number of guanidine groups is 1. The Labute approximate surface area is 150 Å². The highest BCUT2D eigenvalue weighted by atomic mass is 127. The number of hydrogen-bond acceptors (Lipinski definition) is 3. The van der Waals surface area contributed by atoms with Crippen LogP contribution in [0.3, 0.4) is 0 Å². The number of hydrogen-bond donors (Lipinski definition) is 2. The molecule has 3 rings (SSSR count). The average Bonchev–Trinajstić information content (AvgIpc) is 2.91. The summed E-state index contributed by atoms with van der Waals surface area (Å²) in [6, 6.07) is 4.59. The summed E-state index contributed by atoms with van der Waals surface area (Å²) in [5.41, 5.74) is 1.12. The van der Waals surface area contributed by atoms with Crippen molar-refractivity contribution in [2.24, 2.45) is 10.9 Å². The summed E-state index contributed by atoms with van der Waals surface area (Å²) in [6.07, 6.45) is 1.22. The molecule has 0 aromatic heterocycles.